The van der Waals surface area contributed by atoms with Gasteiger partial charge in [0.1, 0.15) is 17.2 Å². The smallest absolute Gasteiger partial charge is 0.417 e. The second-order valence-corrected chi connectivity index (χ2v) is 7.23. The molecule has 2 aromatic heterocycles. The molecule has 0 N–H and O–H groups in total. The number of halogens is 5. The van der Waals surface area contributed by atoms with Crippen molar-refractivity contribution in [1.82, 2.24) is 4.98 Å². The summed E-state index contributed by atoms with van der Waals surface area (Å²) in [5.74, 6) is -0.379. The van der Waals surface area contributed by atoms with Gasteiger partial charge in [-0.25, -0.2) is 4.79 Å². The first-order chi connectivity index (χ1) is 12.7. The van der Waals surface area contributed by atoms with Crippen molar-refractivity contribution in [1.29, 1.82) is 0 Å². The van der Waals surface area contributed by atoms with Gasteiger partial charge in [0.15, 0.2) is 0 Å². The van der Waals surface area contributed by atoms with Crippen LogP contribution in [0.3, 0.4) is 0 Å². The summed E-state index contributed by atoms with van der Waals surface area (Å²) < 4.78 is 49.3. The van der Waals surface area contributed by atoms with Crippen molar-refractivity contribution >= 4 is 50.7 Å². The number of methoxy groups -OCH3 is 1. The van der Waals surface area contributed by atoms with E-state index in [9.17, 15) is 18.0 Å². The van der Waals surface area contributed by atoms with Crippen LogP contribution in [0.15, 0.2) is 30.5 Å². The average molecular weight is 436 g/mol. The van der Waals surface area contributed by atoms with E-state index in [2.05, 4.69) is 4.98 Å². The highest BCUT2D eigenvalue weighted by Gasteiger charge is 2.32. The van der Waals surface area contributed by atoms with Gasteiger partial charge in [-0.05, 0) is 24.3 Å². The number of carbonyl (C=O) groups is 1. The molecular formula is C17H10Cl2F3NO3S. The highest BCUT2D eigenvalue weighted by molar-refractivity contribution is 7.21. The molecule has 4 nitrogen and oxygen atoms in total. The quantitative estimate of drug-likeness (QED) is 0.472. The first-order valence-corrected chi connectivity index (χ1v) is 8.92. The van der Waals surface area contributed by atoms with Crippen LogP contribution in [0, 0.1) is 0 Å². The largest absolute Gasteiger partial charge is 0.487 e. The lowest BCUT2D eigenvalue weighted by Gasteiger charge is -2.09. The maximum absolute atomic E-state index is 12.9. The summed E-state index contributed by atoms with van der Waals surface area (Å²) in [6.45, 7) is -0.135. The van der Waals surface area contributed by atoms with Gasteiger partial charge in [-0.1, -0.05) is 23.2 Å². The van der Waals surface area contributed by atoms with Crippen molar-refractivity contribution in [2.24, 2.45) is 0 Å². The van der Waals surface area contributed by atoms with Gasteiger partial charge in [-0.15, -0.1) is 11.3 Å². The molecule has 142 valence electrons. The molecule has 0 saturated carbocycles. The van der Waals surface area contributed by atoms with E-state index in [0.717, 1.165) is 23.6 Å². The second-order valence-electron chi connectivity index (χ2n) is 5.33. The highest BCUT2D eigenvalue weighted by Crippen LogP contribution is 2.37. The number of nitrogens with zero attached hydrogens (tertiary/aromatic N) is 1. The molecule has 0 radical (unpaired) electrons. The summed E-state index contributed by atoms with van der Waals surface area (Å²) in [5, 5.41) is 0.680. The van der Waals surface area contributed by atoms with Gasteiger partial charge in [-0.3, -0.25) is 4.98 Å². The molecule has 1 aromatic carbocycles. The summed E-state index contributed by atoms with van der Waals surface area (Å²) in [6, 6.07) is 5.55. The molecule has 27 heavy (non-hydrogen) atoms. The van der Waals surface area contributed by atoms with Crippen molar-refractivity contribution in [2.75, 3.05) is 7.11 Å². The van der Waals surface area contributed by atoms with Crippen molar-refractivity contribution in [3.05, 3.63) is 56.5 Å². The van der Waals surface area contributed by atoms with Crippen LogP contribution < -0.4 is 4.74 Å². The molecule has 0 fully saturated rings. The molecule has 0 saturated heterocycles. The van der Waals surface area contributed by atoms with Crippen molar-refractivity contribution in [3.8, 4) is 5.75 Å². The lowest BCUT2D eigenvalue weighted by molar-refractivity contribution is -0.137. The maximum Gasteiger partial charge on any atom is 0.417 e. The Morgan fingerprint density at radius 1 is 1.26 bits per heavy atom. The van der Waals surface area contributed by atoms with Crippen molar-refractivity contribution < 1.29 is 27.4 Å². The van der Waals surface area contributed by atoms with E-state index in [0.29, 0.717) is 16.3 Å². The van der Waals surface area contributed by atoms with Gasteiger partial charge >= 0.3 is 12.1 Å². The minimum Gasteiger partial charge on any atom is -0.487 e. The fourth-order valence-corrected chi connectivity index (χ4v) is 3.90. The zero-order valence-electron chi connectivity index (χ0n) is 13.6. The average Bonchev–Trinajstić information content (AvgIpc) is 2.97. The summed E-state index contributed by atoms with van der Waals surface area (Å²) in [4.78, 5) is 16.0. The fraction of sp³-hybridized carbons (Fsp3) is 0.176. The van der Waals surface area contributed by atoms with Crippen LogP contribution in [0.4, 0.5) is 13.2 Å². The Balaban J connectivity index is 2.02. The molecule has 0 aliphatic rings. The van der Waals surface area contributed by atoms with Gasteiger partial charge in [0, 0.05) is 16.8 Å². The Kier molecular flexibility index (Phi) is 5.50. The first-order valence-electron chi connectivity index (χ1n) is 7.35. The number of carbonyl (C=O) groups excluding carboxylic acids is 1. The number of fused-ring (bicyclic) bond motifs is 1. The van der Waals surface area contributed by atoms with Crippen LogP contribution in [0.5, 0.6) is 5.75 Å². The third kappa shape index (κ3) is 4.12. The molecule has 0 bridgehead atoms. The van der Waals surface area contributed by atoms with E-state index >= 15 is 0 Å². The Morgan fingerprint density at radius 2 is 2.00 bits per heavy atom. The number of hydrogen-bond acceptors (Lipinski definition) is 5. The van der Waals surface area contributed by atoms with E-state index < -0.39 is 17.7 Å². The predicted octanol–water partition coefficient (Wildman–Crippen LogP) is 5.99. The molecule has 3 aromatic rings. The fourth-order valence-electron chi connectivity index (χ4n) is 2.32. The van der Waals surface area contributed by atoms with E-state index in [-0.39, 0.29) is 26.7 Å². The molecule has 0 atom stereocenters. The Labute approximate surface area is 165 Å². The van der Waals surface area contributed by atoms with Crippen molar-refractivity contribution in [3.63, 3.8) is 0 Å². The second kappa shape index (κ2) is 7.53. The molecular weight excluding hydrogens is 426 g/mol. The van der Waals surface area contributed by atoms with Crippen LogP contribution in [0.1, 0.15) is 20.8 Å². The van der Waals surface area contributed by atoms with Gasteiger partial charge < -0.3 is 9.47 Å². The molecule has 0 aliphatic carbocycles. The number of ether oxygens (including phenoxy) is 2. The topological polar surface area (TPSA) is 48.4 Å². The lowest BCUT2D eigenvalue weighted by atomic mass is 10.2. The minimum atomic E-state index is -4.54. The first kappa shape index (κ1) is 19.7. The Morgan fingerprint density at radius 3 is 2.63 bits per heavy atom. The highest BCUT2D eigenvalue weighted by atomic mass is 35.5. The van der Waals surface area contributed by atoms with Gasteiger partial charge in [0.05, 0.1) is 27.9 Å². The number of rotatable bonds is 4. The summed E-state index contributed by atoms with van der Waals surface area (Å²) in [7, 11) is 1.18. The number of hydrogen-bond donors (Lipinski definition) is 0. The zero-order valence-corrected chi connectivity index (χ0v) is 15.9. The van der Waals surface area contributed by atoms with E-state index in [4.69, 9.17) is 32.7 Å². The number of pyridine rings is 1. The molecule has 0 spiro atoms. The van der Waals surface area contributed by atoms with E-state index in [1.807, 2.05) is 0 Å². The monoisotopic (exact) mass is 435 g/mol. The van der Waals surface area contributed by atoms with Crippen LogP contribution in [-0.4, -0.2) is 18.1 Å². The van der Waals surface area contributed by atoms with Gasteiger partial charge in [0.2, 0.25) is 0 Å². The predicted molar refractivity (Wildman–Crippen MR) is 96.8 cm³/mol. The SMILES string of the molecule is COC(=O)c1sc2cc(C(F)(F)F)cnc2c1COc1ccc(Cl)cc1Cl. The molecule has 0 aliphatic heterocycles. The van der Waals surface area contributed by atoms with Gasteiger partial charge in [0.25, 0.3) is 0 Å². The standard InChI is InChI=1S/C17H10Cl2F3NO3S/c1-25-16(24)15-10(7-26-12-3-2-9(18)5-11(12)19)14-13(27-15)4-8(6-23-14)17(20,21)22/h2-6H,7H2,1H3. The number of aromatic nitrogens is 1. The number of alkyl halides is 3. The normalized spacial score (nSPS) is 11.6. The number of benzene rings is 1. The van der Waals surface area contributed by atoms with E-state index in [1.54, 1.807) is 12.1 Å². The van der Waals surface area contributed by atoms with Crippen LogP contribution >= 0.6 is 34.5 Å². The molecule has 2 heterocycles. The summed E-state index contributed by atoms with van der Waals surface area (Å²) in [6.07, 6.45) is -3.82. The maximum atomic E-state index is 12.9. The molecule has 10 heteroatoms. The van der Waals surface area contributed by atoms with Crippen LogP contribution in [0.2, 0.25) is 10.0 Å². The van der Waals surface area contributed by atoms with Crippen molar-refractivity contribution in [2.45, 2.75) is 12.8 Å². The summed E-state index contributed by atoms with van der Waals surface area (Å²) >= 11 is 12.7. The minimum absolute atomic E-state index is 0.115. The third-order valence-electron chi connectivity index (χ3n) is 3.59. The summed E-state index contributed by atoms with van der Waals surface area (Å²) in [5.41, 5.74) is -0.346. The molecule has 0 unspecified atom stereocenters. The zero-order chi connectivity index (χ0) is 19.8. The Hall–Kier alpha value is -2.03. The number of esters is 1. The third-order valence-corrected chi connectivity index (χ3v) is 5.27. The van der Waals surface area contributed by atoms with E-state index in [1.165, 1.54) is 13.2 Å². The molecule has 0 amide bonds. The van der Waals surface area contributed by atoms with Crippen LogP contribution in [0.25, 0.3) is 10.2 Å². The molecule has 3 rings (SSSR count). The van der Waals surface area contributed by atoms with Crippen LogP contribution in [-0.2, 0) is 17.5 Å². The van der Waals surface area contributed by atoms with Gasteiger partial charge in [-0.2, -0.15) is 13.2 Å². The number of thiophene rings is 1. The lowest BCUT2D eigenvalue weighted by Crippen LogP contribution is -2.06. The Bertz CT molecular complexity index is 1020.